The first-order chi connectivity index (χ1) is 16.0. The first-order valence-electron chi connectivity index (χ1n) is 10.9. The number of carbonyl (C=O) groups excluding carboxylic acids is 1. The molecule has 1 aliphatic rings. The molecule has 1 aliphatic heterocycles. The lowest BCUT2D eigenvalue weighted by molar-refractivity contribution is 0.0526. The maximum absolute atomic E-state index is 13.3. The Bertz CT molecular complexity index is 1200. The number of esters is 1. The van der Waals surface area contributed by atoms with E-state index in [1.807, 2.05) is 0 Å². The second-order valence-corrected chi connectivity index (χ2v) is 7.75. The SMILES string of the molecule is CCOC(=O)c1ccc(Oc2c(C)oc3c4c(ccc3c2=O)OCN(CCCOC)C4)cc1. The van der Waals surface area contributed by atoms with E-state index in [0.717, 1.165) is 24.3 Å². The van der Waals surface area contributed by atoms with Crippen LogP contribution < -0.4 is 14.9 Å². The molecule has 174 valence electrons. The van der Waals surface area contributed by atoms with Gasteiger partial charge < -0.3 is 23.4 Å². The molecule has 0 saturated heterocycles. The molecule has 2 aromatic carbocycles. The lowest BCUT2D eigenvalue weighted by Gasteiger charge is -2.29. The van der Waals surface area contributed by atoms with Gasteiger partial charge >= 0.3 is 5.97 Å². The van der Waals surface area contributed by atoms with Crippen LogP contribution >= 0.6 is 0 Å². The molecule has 0 amide bonds. The number of nitrogens with zero attached hydrogens (tertiary/aromatic N) is 1. The summed E-state index contributed by atoms with van der Waals surface area (Å²) in [5, 5.41) is 0.430. The lowest BCUT2D eigenvalue weighted by Crippen LogP contribution is -2.33. The molecule has 0 bridgehead atoms. The Balaban J connectivity index is 1.62. The van der Waals surface area contributed by atoms with Gasteiger partial charge in [-0.15, -0.1) is 0 Å². The maximum atomic E-state index is 13.3. The molecule has 0 N–H and O–H groups in total. The summed E-state index contributed by atoms with van der Waals surface area (Å²) in [5.41, 5.74) is 1.51. The van der Waals surface area contributed by atoms with Crippen molar-refractivity contribution in [2.75, 3.05) is 33.6 Å². The van der Waals surface area contributed by atoms with Crippen LogP contribution in [0.15, 0.2) is 45.6 Å². The molecular formula is C25H27NO7. The molecule has 0 unspecified atom stereocenters. The molecule has 4 rings (SSSR count). The predicted octanol–water partition coefficient (Wildman–Crippen LogP) is 4.26. The first kappa shape index (κ1) is 22.8. The molecule has 0 radical (unpaired) electrons. The zero-order valence-electron chi connectivity index (χ0n) is 19.0. The Labute approximate surface area is 191 Å². The van der Waals surface area contributed by atoms with Gasteiger partial charge in [0.15, 0.2) is 0 Å². The first-order valence-corrected chi connectivity index (χ1v) is 10.9. The van der Waals surface area contributed by atoms with E-state index in [0.29, 0.717) is 54.5 Å². The number of ether oxygens (including phenoxy) is 4. The Morgan fingerprint density at radius 1 is 1.15 bits per heavy atom. The van der Waals surface area contributed by atoms with Gasteiger partial charge in [0.05, 0.1) is 23.1 Å². The molecule has 0 saturated carbocycles. The highest BCUT2D eigenvalue weighted by Gasteiger charge is 2.24. The van der Waals surface area contributed by atoms with Crippen molar-refractivity contribution in [2.45, 2.75) is 26.8 Å². The second kappa shape index (κ2) is 10.1. The molecule has 33 heavy (non-hydrogen) atoms. The number of hydrogen-bond acceptors (Lipinski definition) is 8. The number of aryl methyl sites for hydroxylation is 1. The second-order valence-electron chi connectivity index (χ2n) is 7.75. The van der Waals surface area contributed by atoms with Gasteiger partial charge in [-0.25, -0.2) is 4.79 Å². The Morgan fingerprint density at radius 3 is 2.67 bits per heavy atom. The fourth-order valence-electron chi connectivity index (χ4n) is 3.79. The number of carbonyl (C=O) groups is 1. The van der Waals surface area contributed by atoms with Crippen LogP contribution in [0.4, 0.5) is 0 Å². The molecule has 3 aromatic rings. The van der Waals surface area contributed by atoms with E-state index in [-0.39, 0.29) is 11.2 Å². The van der Waals surface area contributed by atoms with Gasteiger partial charge in [-0.05, 0) is 56.7 Å². The van der Waals surface area contributed by atoms with Crippen molar-refractivity contribution >= 4 is 16.9 Å². The minimum atomic E-state index is -0.409. The fraction of sp³-hybridized carbons (Fsp3) is 0.360. The third-order valence-electron chi connectivity index (χ3n) is 5.44. The van der Waals surface area contributed by atoms with Crippen LogP contribution in [0.25, 0.3) is 11.0 Å². The molecular weight excluding hydrogens is 426 g/mol. The van der Waals surface area contributed by atoms with Crippen LogP contribution in [-0.2, 0) is 16.0 Å². The molecule has 0 aliphatic carbocycles. The standard InChI is InChI=1S/C25H27NO7/c1-4-30-25(28)17-6-8-18(9-7-17)33-23-16(2)32-24-19(22(23)27)10-11-21-20(24)14-26(15-31-21)12-5-13-29-3/h6-11H,4-5,12-15H2,1-3H3. The molecule has 8 nitrogen and oxygen atoms in total. The van der Waals surface area contributed by atoms with Crippen LogP contribution in [0.3, 0.4) is 0 Å². The summed E-state index contributed by atoms with van der Waals surface area (Å²) in [6.45, 7) is 6.34. The van der Waals surface area contributed by atoms with Crippen LogP contribution in [0.5, 0.6) is 17.2 Å². The highest BCUT2D eigenvalue weighted by Crippen LogP contribution is 2.34. The van der Waals surface area contributed by atoms with Gasteiger partial charge in [0.1, 0.15) is 29.6 Å². The van der Waals surface area contributed by atoms with E-state index >= 15 is 0 Å². The zero-order valence-corrected chi connectivity index (χ0v) is 19.0. The third-order valence-corrected chi connectivity index (χ3v) is 5.44. The van der Waals surface area contributed by atoms with E-state index in [1.165, 1.54) is 0 Å². The van der Waals surface area contributed by atoms with Crippen molar-refractivity contribution in [1.82, 2.24) is 4.90 Å². The molecule has 0 atom stereocenters. The van der Waals surface area contributed by atoms with Gasteiger partial charge in [-0.3, -0.25) is 9.69 Å². The van der Waals surface area contributed by atoms with E-state index in [1.54, 1.807) is 57.4 Å². The lowest BCUT2D eigenvalue weighted by atomic mass is 10.1. The van der Waals surface area contributed by atoms with Crippen molar-refractivity contribution in [3.8, 4) is 17.2 Å². The van der Waals surface area contributed by atoms with E-state index in [4.69, 9.17) is 23.4 Å². The van der Waals surface area contributed by atoms with Crippen molar-refractivity contribution in [1.29, 1.82) is 0 Å². The van der Waals surface area contributed by atoms with Crippen molar-refractivity contribution in [3.63, 3.8) is 0 Å². The van der Waals surface area contributed by atoms with Crippen molar-refractivity contribution in [3.05, 3.63) is 63.5 Å². The summed E-state index contributed by atoms with van der Waals surface area (Å²) >= 11 is 0. The van der Waals surface area contributed by atoms with Crippen molar-refractivity contribution in [2.24, 2.45) is 0 Å². The quantitative estimate of drug-likeness (QED) is 0.369. The normalized spacial score (nSPS) is 13.4. The minimum absolute atomic E-state index is 0.111. The number of methoxy groups -OCH3 is 1. The summed E-state index contributed by atoms with van der Waals surface area (Å²) in [6.07, 6.45) is 0.885. The average molecular weight is 453 g/mol. The van der Waals surface area contributed by atoms with Gasteiger partial charge in [0.25, 0.3) is 0 Å². The Morgan fingerprint density at radius 2 is 1.94 bits per heavy atom. The van der Waals surface area contributed by atoms with Gasteiger partial charge in [-0.2, -0.15) is 0 Å². The number of fused-ring (bicyclic) bond motifs is 3. The topological polar surface area (TPSA) is 87.4 Å². The molecule has 2 heterocycles. The van der Waals surface area contributed by atoms with E-state index in [9.17, 15) is 9.59 Å². The summed E-state index contributed by atoms with van der Waals surface area (Å²) in [4.78, 5) is 27.2. The van der Waals surface area contributed by atoms with Crippen LogP contribution in [0.1, 0.15) is 35.0 Å². The zero-order chi connectivity index (χ0) is 23.4. The largest absolute Gasteiger partial charge is 0.478 e. The van der Waals surface area contributed by atoms with Gasteiger partial charge in [0, 0.05) is 26.8 Å². The van der Waals surface area contributed by atoms with Crippen molar-refractivity contribution < 1.29 is 28.2 Å². The molecule has 0 spiro atoms. The number of benzene rings is 2. The maximum Gasteiger partial charge on any atom is 0.338 e. The monoisotopic (exact) mass is 453 g/mol. The highest BCUT2D eigenvalue weighted by atomic mass is 16.5. The Hall–Kier alpha value is -3.36. The smallest absolute Gasteiger partial charge is 0.338 e. The highest BCUT2D eigenvalue weighted by molar-refractivity contribution is 5.89. The molecule has 8 heteroatoms. The molecule has 0 fully saturated rings. The van der Waals surface area contributed by atoms with Crippen LogP contribution in [0, 0.1) is 6.92 Å². The van der Waals surface area contributed by atoms with Gasteiger partial charge in [0.2, 0.25) is 11.2 Å². The third kappa shape index (κ3) is 4.86. The number of hydrogen-bond donors (Lipinski definition) is 0. The summed E-state index contributed by atoms with van der Waals surface area (Å²) in [6, 6.07) is 9.93. The summed E-state index contributed by atoms with van der Waals surface area (Å²) in [7, 11) is 1.68. The number of rotatable bonds is 8. The van der Waals surface area contributed by atoms with E-state index in [2.05, 4.69) is 4.90 Å². The predicted molar refractivity (Wildman–Crippen MR) is 122 cm³/mol. The Kier molecular flexibility index (Phi) is 6.96. The van der Waals surface area contributed by atoms with Crippen LogP contribution in [0.2, 0.25) is 0 Å². The average Bonchev–Trinajstić information content (AvgIpc) is 2.82. The van der Waals surface area contributed by atoms with Crippen LogP contribution in [-0.4, -0.2) is 44.5 Å². The van der Waals surface area contributed by atoms with E-state index < -0.39 is 5.97 Å². The summed E-state index contributed by atoms with van der Waals surface area (Å²) in [5.74, 6) is 1.21. The molecule has 1 aromatic heterocycles. The minimum Gasteiger partial charge on any atom is -0.478 e. The van der Waals surface area contributed by atoms with Gasteiger partial charge in [-0.1, -0.05) is 0 Å². The fourth-order valence-corrected chi connectivity index (χ4v) is 3.79. The summed E-state index contributed by atoms with van der Waals surface area (Å²) < 4.78 is 27.9.